The molecule has 1 unspecified atom stereocenters. The van der Waals surface area contributed by atoms with Crippen LogP contribution in [0.3, 0.4) is 0 Å². The average Bonchev–Trinajstić information content (AvgIpc) is 3.52. The Hall–Kier alpha value is -4.28. The zero-order valence-electron chi connectivity index (χ0n) is 19.9. The second-order valence-corrected chi connectivity index (χ2v) is 8.39. The number of aromatic nitrogens is 3. The molecule has 0 saturated heterocycles. The highest BCUT2D eigenvalue weighted by Crippen LogP contribution is 2.36. The number of hydrogen-bond donors (Lipinski definition) is 3. The van der Waals surface area contributed by atoms with E-state index < -0.39 is 30.5 Å². The fraction of sp³-hybridized carbons (Fsp3) is 0.269. The predicted molar refractivity (Wildman–Crippen MR) is 130 cm³/mol. The Kier molecular flexibility index (Phi) is 7.80. The lowest BCUT2D eigenvalue weighted by atomic mass is 9.86. The molecule has 0 aliphatic heterocycles. The first-order chi connectivity index (χ1) is 17.7. The summed E-state index contributed by atoms with van der Waals surface area (Å²) < 4.78 is 47.7. The van der Waals surface area contributed by atoms with Gasteiger partial charge in [-0.15, -0.1) is 0 Å². The van der Waals surface area contributed by atoms with Gasteiger partial charge in [0, 0.05) is 48.0 Å². The van der Waals surface area contributed by atoms with Crippen molar-refractivity contribution in [3.63, 3.8) is 0 Å². The number of ether oxygens (including phenoxy) is 2. The van der Waals surface area contributed by atoms with Crippen LogP contribution in [0.15, 0.2) is 61.1 Å². The molecule has 0 fully saturated rings. The number of esters is 2. The molecule has 1 atom stereocenters. The number of hydrogen-bond acceptors (Lipinski definition) is 6. The number of carbonyl (C=O) groups is 2. The minimum absolute atomic E-state index is 0.444. The summed E-state index contributed by atoms with van der Waals surface area (Å²) in [6, 6.07) is 12.7. The average molecular weight is 515 g/mol. The third-order valence-electron chi connectivity index (χ3n) is 5.81. The molecule has 2 heterocycles. The van der Waals surface area contributed by atoms with Crippen molar-refractivity contribution in [3.05, 3.63) is 77.7 Å². The summed E-state index contributed by atoms with van der Waals surface area (Å²) in [7, 11) is 0. The van der Waals surface area contributed by atoms with Crippen molar-refractivity contribution in [2.24, 2.45) is 0 Å². The molecular formula is C26H25F3N4O4. The molecule has 0 aliphatic carbocycles. The molecule has 2 aromatic heterocycles. The van der Waals surface area contributed by atoms with Gasteiger partial charge in [-0.25, -0.2) is 9.78 Å². The molecule has 0 spiro atoms. The van der Waals surface area contributed by atoms with Crippen molar-refractivity contribution in [2.75, 3.05) is 18.5 Å². The van der Waals surface area contributed by atoms with Crippen LogP contribution in [0, 0.1) is 6.92 Å². The zero-order chi connectivity index (χ0) is 26.4. The van der Waals surface area contributed by atoms with Crippen molar-refractivity contribution >= 4 is 28.8 Å². The van der Waals surface area contributed by atoms with Crippen molar-refractivity contribution in [1.29, 1.82) is 0 Å². The second kappa shape index (κ2) is 11.2. The molecule has 0 radical (unpaired) electrons. The van der Waals surface area contributed by atoms with E-state index >= 15 is 0 Å². The first-order valence-corrected chi connectivity index (χ1v) is 11.6. The summed E-state index contributed by atoms with van der Waals surface area (Å²) in [4.78, 5) is 33.7. The number of aryl methyl sites for hydroxylation is 1. The van der Waals surface area contributed by atoms with Gasteiger partial charge in [0.1, 0.15) is 5.75 Å². The number of nitrogens with one attached hydrogen (secondary N) is 3. The minimum Gasteiger partial charge on any atom is -0.493 e. The summed E-state index contributed by atoms with van der Waals surface area (Å²) in [5.74, 6) is -3.09. The van der Waals surface area contributed by atoms with Gasteiger partial charge in [-0.3, -0.25) is 4.79 Å². The van der Waals surface area contributed by atoms with Crippen LogP contribution in [0.4, 0.5) is 19.1 Å². The van der Waals surface area contributed by atoms with Crippen molar-refractivity contribution in [3.8, 4) is 5.75 Å². The smallest absolute Gasteiger partial charge is 0.491 e. The number of halogens is 3. The molecule has 4 aromatic rings. The molecule has 0 saturated carbocycles. The number of imidazole rings is 1. The normalized spacial score (nSPS) is 12.3. The maximum absolute atomic E-state index is 12.6. The van der Waals surface area contributed by atoms with Gasteiger partial charge in [-0.2, -0.15) is 13.2 Å². The molecule has 8 nitrogen and oxygen atoms in total. The highest BCUT2D eigenvalue weighted by atomic mass is 19.4. The van der Waals surface area contributed by atoms with E-state index in [0.717, 1.165) is 28.5 Å². The van der Waals surface area contributed by atoms with Gasteiger partial charge >= 0.3 is 18.1 Å². The maximum atomic E-state index is 12.6. The summed E-state index contributed by atoms with van der Waals surface area (Å²) in [6.45, 7) is 2.99. The quantitative estimate of drug-likeness (QED) is 0.152. The summed E-state index contributed by atoms with van der Waals surface area (Å²) >= 11 is 0. The molecule has 4 rings (SSSR count). The number of fused-ring (bicyclic) bond motifs is 1. The number of rotatable bonds is 10. The van der Waals surface area contributed by atoms with Gasteiger partial charge in [0.25, 0.3) is 0 Å². The second-order valence-electron chi connectivity index (χ2n) is 8.39. The van der Waals surface area contributed by atoms with Crippen LogP contribution in [-0.2, 0) is 14.3 Å². The number of anilines is 1. The maximum Gasteiger partial charge on any atom is 0.491 e. The highest BCUT2D eigenvalue weighted by Gasteiger charge is 2.42. The lowest BCUT2D eigenvalue weighted by molar-refractivity contribution is -0.201. The van der Waals surface area contributed by atoms with Crippen LogP contribution in [0.5, 0.6) is 5.75 Å². The molecular weight excluding hydrogens is 489 g/mol. The molecule has 194 valence electrons. The van der Waals surface area contributed by atoms with Crippen molar-refractivity contribution < 1.29 is 32.2 Å². The van der Waals surface area contributed by atoms with E-state index in [4.69, 9.17) is 4.74 Å². The topological polar surface area (TPSA) is 109 Å². The third kappa shape index (κ3) is 6.49. The van der Waals surface area contributed by atoms with Crippen LogP contribution in [0.25, 0.3) is 10.9 Å². The standard InChI is InChI=1S/C26H25F3N4O4/c1-16-5-2-3-6-18(16)20(14-23(34)37-24(35)26(27,28)29)21-15-33-22-13-17(7-8-19(21)22)36-12-4-9-30-25-31-10-11-32-25/h2-3,5-8,10-11,13,15,20,33H,4,9,12,14H2,1H3,(H2,30,31,32). The zero-order valence-corrected chi connectivity index (χ0v) is 19.9. The molecule has 0 bridgehead atoms. The number of nitrogens with zero attached hydrogens (tertiary/aromatic N) is 1. The van der Waals surface area contributed by atoms with Gasteiger partial charge in [0.2, 0.25) is 0 Å². The van der Waals surface area contributed by atoms with Crippen LogP contribution >= 0.6 is 0 Å². The fourth-order valence-electron chi connectivity index (χ4n) is 4.07. The Bertz CT molecular complexity index is 1370. The van der Waals surface area contributed by atoms with Crippen LogP contribution in [0.2, 0.25) is 0 Å². The minimum atomic E-state index is -5.25. The Morgan fingerprint density at radius 1 is 1.11 bits per heavy atom. The molecule has 2 aromatic carbocycles. The lowest BCUT2D eigenvalue weighted by Crippen LogP contribution is -2.28. The van der Waals surface area contributed by atoms with E-state index in [2.05, 4.69) is 25.0 Å². The molecule has 3 N–H and O–H groups in total. The van der Waals surface area contributed by atoms with Gasteiger partial charge in [-0.1, -0.05) is 24.3 Å². The Morgan fingerprint density at radius 3 is 2.65 bits per heavy atom. The van der Waals surface area contributed by atoms with Gasteiger partial charge in [0.15, 0.2) is 5.95 Å². The Balaban J connectivity index is 1.49. The molecule has 0 aliphatic rings. The van der Waals surface area contributed by atoms with Gasteiger partial charge in [0.05, 0.1) is 13.0 Å². The monoisotopic (exact) mass is 514 g/mol. The highest BCUT2D eigenvalue weighted by molar-refractivity contribution is 5.90. The largest absolute Gasteiger partial charge is 0.493 e. The van der Waals surface area contributed by atoms with Crippen LogP contribution < -0.4 is 10.1 Å². The SMILES string of the molecule is Cc1ccccc1C(CC(=O)OC(=O)C(F)(F)F)c1c[nH]c2cc(OCCCNc3ncc[nH]3)ccc12. The van der Waals surface area contributed by atoms with E-state index in [1.165, 1.54) is 0 Å². The molecule has 11 heteroatoms. The van der Waals surface area contributed by atoms with Crippen molar-refractivity contribution in [2.45, 2.75) is 31.9 Å². The predicted octanol–water partition coefficient (Wildman–Crippen LogP) is 5.23. The number of alkyl halides is 3. The number of H-pyrrole nitrogens is 2. The number of benzene rings is 2. The van der Waals surface area contributed by atoms with Crippen LogP contribution in [-0.4, -0.2) is 46.2 Å². The van der Waals surface area contributed by atoms with E-state index in [-0.39, 0.29) is 0 Å². The van der Waals surface area contributed by atoms with E-state index in [9.17, 15) is 22.8 Å². The van der Waals surface area contributed by atoms with Gasteiger partial charge < -0.3 is 24.8 Å². The summed E-state index contributed by atoms with van der Waals surface area (Å²) in [5, 5.41) is 3.91. The first kappa shape index (κ1) is 25.8. The van der Waals surface area contributed by atoms with Gasteiger partial charge in [-0.05, 0) is 42.2 Å². The lowest BCUT2D eigenvalue weighted by Gasteiger charge is -2.19. The third-order valence-corrected chi connectivity index (χ3v) is 5.81. The Morgan fingerprint density at radius 2 is 1.92 bits per heavy atom. The number of carbonyl (C=O) groups excluding carboxylic acids is 2. The summed E-state index contributed by atoms with van der Waals surface area (Å²) in [6.07, 6.45) is 0.140. The van der Waals surface area contributed by atoms with Crippen LogP contribution in [0.1, 0.15) is 35.4 Å². The Labute approximate surface area is 210 Å². The first-order valence-electron chi connectivity index (χ1n) is 11.6. The fourth-order valence-corrected chi connectivity index (χ4v) is 4.07. The van der Waals surface area contributed by atoms with E-state index in [1.807, 2.05) is 31.2 Å². The number of aromatic amines is 2. The molecule has 0 amide bonds. The summed E-state index contributed by atoms with van der Waals surface area (Å²) in [5.41, 5.74) is 3.01. The molecule has 37 heavy (non-hydrogen) atoms. The van der Waals surface area contributed by atoms with Crippen molar-refractivity contribution in [1.82, 2.24) is 15.0 Å². The van der Waals surface area contributed by atoms with E-state index in [1.54, 1.807) is 36.8 Å². The van der Waals surface area contributed by atoms with E-state index in [0.29, 0.717) is 30.4 Å².